The highest BCUT2D eigenvalue weighted by atomic mass is 16.4. The Morgan fingerprint density at radius 1 is 1.18 bits per heavy atom. The molecule has 0 aliphatic rings. The minimum absolute atomic E-state index is 0.0484. The van der Waals surface area contributed by atoms with E-state index < -0.39 is 11.4 Å². The number of aromatic nitrogens is 1. The van der Waals surface area contributed by atoms with Crippen molar-refractivity contribution in [2.45, 2.75) is 5.40 Å². The van der Waals surface area contributed by atoms with E-state index >= 15 is 0 Å². The molecule has 1 aromatic carbocycles. The molecule has 0 saturated carbocycles. The van der Waals surface area contributed by atoms with Crippen LogP contribution in [0.5, 0.6) is 0 Å². The van der Waals surface area contributed by atoms with E-state index in [2.05, 4.69) is 4.98 Å². The first kappa shape index (κ1) is 14.4. The molecule has 0 bridgehead atoms. The second kappa shape index (κ2) is 5.03. The first-order valence-electron chi connectivity index (χ1n) is 6.39. The lowest BCUT2D eigenvalue weighted by atomic mass is 9.63. The third-order valence-electron chi connectivity index (χ3n) is 3.27. The second-order valence-corrected chi connectivity index (χ2v) is 4.90. The maximum atomic E-state index is 10.9. The van der Waals surface area contributed by atoms with Gasteiger partial charge in [0, 0.05) is 22.4 Å². The van der Waals surface area contributed by atoms with Crippen molar-refractivity contribution in [1.82, 2.24) is 4.98 Å². The average Bonchev–Trinajstić information content (AvgIpc) is 2.93. The van der Waals surface area contributed by atoms with Crippen LogP contribution in [0.4, 0.5) is 0 Å². The molecule has 7 heteroatoms. The zero-order valence-corrected chi connectivity index (χ0v) is 11.4. The zero-order chi connectivity index (χ0) is 15.9. The van der Waals surface area contributed by atoms with Gasteiger partial charge < -0.3 is 14.6 Å². The quantitative estimate of drug-likeness (QED) is 0.716. The maximum Gasteiger partial charge on any atom is 0.335 e. The fourth-order valence-corrected chi connectivity index (χ4v) is 2.16. The number of carboxylic acids is 1. The molecule has 0 fully saturated rings. The number of rotatable bonds is 3. The van der Waals surface area contributed by atoms with E-state index in [4.69, 9.17) is 25.2 Å². The highest BCUT2D eigenvalue weighted by molar-refractivity contribution is 6.38. The van der Waals surface area contributed by atoms with E-state index in [1.54, 1.807) is 18.2 Å². The Morgan fingerprint density at radius 3 is 2.45 bits per heavy atom. The Bertz CT molecular complexity index is 850. The van der Waals surface area contributed by atoms with Crippen molar-refractivity contribution >= 4 is 32.6 Å². The van der Waals surface area contributed by atoms with Crippen molar-refractivity contribution in [3.05, 3.63) is 53.9 Å². The van der Waals surface area contributed by atoms with E-state index in [1.165, 1.54) is 24.5 Å². The van der Waals surface area contributed by atoms with Gasteiger partial charge in [-0.15, -0.1) is 0 Å². The van der Waals surface area contributed by atoms with Crippen molar-refractivity contribution in [3.63, 3.8) is 0 Å². The summed E-state index contributed by atoms with van der Waals surface area (Å²) in [6.07, 6.45) is 1.48. The van der Waals surface area contributed by atoms with Gasteiger partial charge in [0.1, 0.15) is 21.3 Å². The van der Waals surface area contributed by atoms with Gasteiger partial charge in [-0.05, 0) is 18.2 Å². The molecule has 5 nitrogen and oxygen atoms in total. The van der Waals surface area contributed by atoms with Crippen LogP contribution in [0.15, 0.2) is 47.1 Å². The highest BCUT2D eigenvalue weighted by Gasteiger charge is 2.20. The van der Waals surface area contributed by atoms with Crippen LogP contribution in [0.3, 0.4) is 0 Å². The van der Waals surface area contributed by atoms with Crippen molar-refractivity contribution < 1.29 is 19.4 Å². The van der Waals surface area contributed by atoms with Crippen LogP contribution in [0.2, 0.25) is 0 Å². The van der Waals surface area contributed by atoms with E-state index in [0.29, 0.717) is 22.2 Å². The Kier molecular flexibility index (Phi) is 3.30. The Labute approximate surface area is 128 Å². The Hall–Kier alpha value is -2.53. The SMILES string of the molecule is [B]C([B])(O)c1cc2occc2c(-c2ccc(C(=O)O)cc2)n1. The molecular weight excluding hydrogens is 280 g/mol. The highest BCUT2D eigenvalue weighted by Crippen LogP contribution is 2.30. The second-order valence-electron chi connectivity index (χ2n) is 4.90. The summed E-state index contributed by atoms with van der Waals surface area (Å²) >= 11 is 0. The third-order valence-corrected chi connectivity index (χ3v) is 3.27. The number of nitrogens with zero attached hydrogens (tertiary/aromatic N) is 1. The first-order valence-corrected chi connectivity index (χ1v) is 6.39. The van der Waals surface area contributed by atoms with Gasteiger partial charge in [-0.3, -0.25) is 4.98 Å². The van der Waals surface area contributed by atoms with Gasteiger partial charge in [0.15, 0.2) is 0 Å². The fourth-order valence-electron chi connectivity index (χ4n) is 2.16. The van der Waals surface area contributed by atoms with E-state index in [-0.39, 0.29) is 11.3 Å². The minimum Gasteiger partial charge on any atom is -0.478 e. The molecule has 3 rings (SSSR count). The normalized spacial score (nSPS) is 11.7. The molecule has 0 spiro atoms. The summed E-state index contributed by atoms with van der Waals surface area (Å²) in [6.45, 7) is 0. The van der Waals surface area contributed by atoms with Crippen molar-refractivity contribution in [2.75, 3.05) is 0 Å². The molecule has 0 aliphatic carbocycles. The number of carbonyl (C=O) groups is 1. The molecule has 0 atom stereocenters. The van der Waals surface area contributed by atoms with Gasteiger partial charge in [-0.25, -0.2) is 4.79 Å². The molecule has 0 amide bonds. The van der Waals surface area contributed by atoms with E-state index in [1.807, 2.05) is 0 Å². The number of pyridine rings is 1. The summed E-state index contributed by atoms with van der Waals surface area (Å²) in [5.74, 6) is -1.01. The zero-order valence-electron chi connectivity index (χ0n) is 11.4. The van der Waals surface area contributed by atoms with Crippen LogP contribution in [-0.2, 0) is 5.40 Å². The number of hydrogen-bond donors (Lipinski definition) is 2. The van der Waals surface area contributed by atoms with Gasteiger partial charge in [0.2, 0.25) is 0 Å². The van der Waals surface area contributed by atoms with E-state index in [9.17, 15) is 9.90 Å². The predicted molar refractivity (Wildman–Crippen MR) is 81.8 cm³/mol. The molecule has 0 saturated heterocycles. The summed E-state index contributed by atoms with van der Waals surface area (Å²) in [7, 11) is 11.0. The summed E-state index contributed by atoms with van der Waals surface area (Å²) < 4.78 is 5.32. The topological polar surface area (TPSA) is 83.6 Å². The number of carboxylic acid groups (broad SMARTS) is 1. The molecular formula is C15H9B2NO4. The lowest BCUT2D eigenvalue weighted by Gasteiger charge is -2.18. The van der Waals surface area contributed by atoms with Crippen LogP contribution in [0, 0.1) is 0 Å². The number of benzene rings is 1. The van der Waals surface area contributed by atoms with Gasteiger partial charge >= 0.3 is 5.97 Å². The largest absolute Gasteiger partial charge is 0.478 e. The molecule has 3 aromatic rings. The minimum atomic E-state index is -2.10. The molecule has 22 heavy (non-hydrogen) atoms. The Balaban J connectivity index is 2.20. The van der Waals surface area contributed by atoms with Gasteiger partial charge in [0.25, 0.3) is 0 Å². The van der Waals surface area contributed by atoms with Crippen molar-refractivity contribution in [1.29, 1.82) is 0 Å². The number of aromatic carboxylic acids is 1. The Morgan fingerprint density at radius 2 is 1.86 bits per heavy atom. The number of aliphatic hydroxyl groups is 1. The lowest BCUT2D eigenvalue weighted by molar-refractivity contribution is 0.0697. The van der Waals surface area contributed by atoms with Crippen LogP contribution in [-0.4, -0.2) is 36.9 Å². The van der Waals surface area contributed by atoms with Crippen LogP contribution < -0.4 is 0 Å². The van der Waals surface area contributed by atoms with Gasteiger partial charge in [-0.2, -0.15) is 0 Å². The standard InChI is InChI=1S/C15H9B2NO4/c16-15(17,21)12-7-11-10(5-6-22-11)13(18-12)8-1-3-9(4-2-8)14(19)20/h1-7,21H,(H,19,20). The number of fused-ring (bicyclic) bond motifs is 1. The van der Waals surface area contributed by atoms with Gasteiger partial charge in [0.05, 0.1) is 23.2 Å². The summed E-state index contributed by atoms with van der Waals surface area (Å²) in [5, 5.41) is 17.3. The monoisotopic (exact) mass is 289 g/mol. The average molecular weight is 289 g/mol. The summed E-state index contributed by atoms with van der Waals surface area (Å²) in [6, 6.07) is 9.36. The van der Waals surface area contributed by atoms with Gasteiger partial charge in [-0.1, -0.05) is 12.1 Å². The summed E-state index contributed by atoms with van der Waals surface area (Å²) in [5.41, 5.74) is 1.83. The van der Waals surface area contributed by atoms with Crippen molar-refractivity contribution in [2.24, 2.45) is 0 Å². The van der Waals surface area contributed by atoms with Crippen LogP contribution >= 0.6 is 0 Å². The maximum absolute atomic E-state index is 10.9. The number of furan rings is 1. The molecule has 4 radical (unpaired) electrons. The molecule has 0 aliphatic heterocycles. The van der Waals surface area contributed by atoms with Crippen LogP contribution in [0.1, 0.15) is 16.1 Å². The molecule has 2 N–H and O–H groups in total. The van der Waals surface area contributed by atoms with E-state index in [0.717, 1.165) is 0 Å². The smallest absolute Gasteiger partial charge is 0.335 e. The molecule has 2 heterocycles. The number of hydrogen-bond acceptors (Lipinski definition) is 4. The fraction of sp³-hybridized carbons (Fsp3) is 0.0667. The molecule has 104 valence electrons. The van der Waals surface area contributed by atoms with Crippen molar-refractivity contribution in [3.8, 4) is 11.3 Å². The lowest BCUT2D eigenvalue weighted by Crippen LogP contribution is -2.27. The molecule has 0 unspecified atom stereocenters. The third kappa shape index (κ3) is 2.51. The summed E-state index contributed by atoms with van der Waals surface area (Å²) in [4.78, 5) is 15.2. The first-order chi connectivity index (χ1) is 10.4. The van der Waals surface area contributed by atoms with Crippen LogP contribution in [0.25, 0.3) is 22.2 Å². The predicted octanol–water partition coefficient (Wildman–Crippen LogP) is 1.63. The molecule has 2 aromatic heterocycles.